The summed E-state index contributed by atoms with van der Waals surface area (Å²) in [5.41, 5.74) is 9.56. The van der Waals surface area contributed by atoms with Crippen molar-refractivity contribution in [3.8, 4) is 11.3 Å². The molecule has 2 aromatic heterocycles. The molecule has 0 bridgehead atoms. The second-order valence-corrected chi connectivity index (χ2v) is 3.99. The van der Waals surface area contributed by atoms with E-state index in [1.807, 2.05) is 43.3 Å². The number of nitrogens with zero attached hydrogens (tertiary/aromatic N) is 3. The molecule has 1 aromatic carbocycles. The van der Waals surface area contributed by atoms with Crippen molar-refractivity contribution < 1.29 is 0 Å². The molecule has 0 fully saturated rings. The molecule has 2 heterocycles. The molecular weight excluding hydrogens is 212 g/mol. The smallest absolute Gasteiger partial charge is 0.158 e. The zero-order valence-corrected chi connectivity index (χ0v) is 9.46. The van der Waals surface area contributed by atoms with Crippen molar-refractivity contribution in [1.82, 2.24) is 14.6 Å². The summed E-state index contributed by atoms with van der Waals surface area (Å²) >= 11 is 0. The quantitative estimate of drug-likeness (QED) is 0.690. The molecule has 4 heteroatoms. The van der Waals surface area contributed by atoms with E-state index in [4.69, 9.17) is 5.73 Å². The van der Waals surface area contributed by atoms with Crippen molar-refractivity contribution in [1.29, 1.82) is 0 Å². The molecule has 0 unspecified atom stereocenters. The Balaban J connectivity index is 2.35. The highest BCUT2D eigenvalue weighted by atomic mass is 15.3. The molecule has 0 aliphatic carbocycles. The van der Waals surface area contributed by atoms with E-state index >= 15 is 0 Å². The third-order valence-electron chi connectivity index (χ3n) is 2.64. The van der Waals surface area contributed by atoms with E-state index in [0.717, 1.165) is 22.6 Å². The largest absolute Gasteiger partial charge is 0.382 e. The van der Waals surface area contributed by atoms with Gasteiger partial charge in [-0.05, 0) is 13.0 Å². The van der Waals surface area contributed by atoms with Crippen molar-refractivity contribution in [2.24, 2.45) is 0 Å². The maximum atomic E-state index is 5.72. The van der Waals surface area contributed by atoms with Crippen LogP contribution in [0.4, 0.5) is 5.82 Å². The molecule has 0 radical (unpaired) electrons. The minimum atomic E-state index is 0.486. The van der Waals surface area contributed by atoms with E-state index in [1.54, 1.807) is 10.6 Å². The summed E-state index contributed by atoms with van der Waals surface area (Å²) in [6.45, 7) is 1.97. The van der Waals surface area contributed by atoms with Gasteiger partial charge in [-0.25, -0.2) is 9.50 Å². The molecule has 0 amide bonds. The van der Waals surface area contributed by atoms with Crippen molar-refractivity contribution in [2.45, 2.75) is 6.92 Å². The highest BCUT2D eigenvalue weighted by Crippen LogP contribution is 2.21. The zero-order chi connectivity index (χ0) is 11.8. The fourth-order valence-corrected chi connectivity index (χ4v) is 1.93. The van der Waals surface area contributed by atoms with Crippen LogP contribution in [0.25, 0.3) is 16.9 Å². The van der Waals surface area contributed by atoms with Crippen LogP contribution in [0, 0.1) is 6.92 Å². The molecule has 0 aliphatic rings. The molecule has 0 atom stereocenters. The third kappa shape index (κ3) is 1.63. The van der Waals surface area contributed by atoms with Gasteiger partial charge in [0.15, 0.2) is 5.65 Å². The highest BCUT2D eigenvalue weighted by Gasteiger charge is 2.08. The van der Waals surface area contributed by atoms with Crippen molar-refractivity contribution in [3.05, 3.63) is 48.2 Å². The lowest BCUT2D eigenvalue weighted by Crippen LogP contribution is -1.98. The predicted octanol–water partition coefficient (Wildman–Crippen LogP) is 2.29. The Kier molecular flexibility index (Phi) is 2.08. The summed E-state index contributed by atoms with van der Waals surface area (Å²) in [4.78, 5) is 4.40. The highest BCUT2D eigenvalue weighted by molar-refractivity contribution is 5.64. The third-order valence-corrected chi connectivity index (χ3v) is 2.64. The molecule has 3 aromatic rings. The zero-order valence-electron chi connectivity index (χ0n) is 9.46. The Hall–Kier alpha value is -2.36. The molecule has 4 nitrogen and oxygen atoms in total. The number of hydrogen-bond donors (Lipinski definition) is 1. The maximum absolute atomic E-state index is 5.72. The lowest BCUT2D eigenvalue weighted by Gasteiger charge is -2.05. The Morgan fingerprint density at radius 3 is 2.65 bits per heavy atom. The number of aromatic nitrogens is 3. The average Bonchev–Trinajstić information content (AvgIpc) is 2.69. The molecule has 17 heavy (non-hydrogen) atoms. The minimum Gasteiger partial charge on any atom is -0.382 e. The molecule has 0 aliphatic heterocycles. The van der Waals surface area contributed by atoms with E-state index < -0.39 is 0 Å². The number of hydrogen-bond acceptors (Lipinski definition) is 3. The number of nitrogens with two attached hydrogens (primary N) is 1. The summed E-state index contributed by atoms with van der Waals surface area (Å²) in [5.74, 6) is 0.486. The van der Waals surface area contributed by atoms with E-state index in [9.17, 15) is 0 Å². The number of aryl methyl sites for hydroxylation is 1. The first-order valence-electron chi connectivity index (χ1n) is 5.42. The van der Waals surface area contributed by atoms with Crippen molar-refractivity contribution >= 4 is 11.5 Å². The molecular formula is C13H12N4. The van der Waals surface area contributed by atoms with Crippen LogP contribution in [0.15, 0.2) is 42.5 Å². The fourth-order valence-electron chi connectivity index (χ4n) is 1.93. The minimum absolute atomic E-state index is 0.486. The molecule has 2 N–H and O–H groups in total. The Morgan fingerprint density at radius 2 is 1.88 bits per heavy atom. The van der Waals surface area contributed by atoms with Crippen molar-refractivity contribution in [2.75, 3.05) is 5.73 Å². The lowest BCUT2D eigenvalue weighted by atomic mass is 10.1. The van der Waals surface area contributed by atoms with Gasteiger partial charge in [0.1, 0.15) is 5.82 Å². The van der Waals surface area contributed by atoms with Gasteiger partial charge in [-0.3, -0.25) is 0 Å². The van der Waals surface area contributed by atoms with Gasteiger partial charge >= 0.3 is 0 Å². The van der Waals surface area contributed by atoms with E-state index in [2.05, 4.69) is 10.1 Å². The van der Waals surface area contributed by atoms with Gasteiger partial charge in [-0.2, -0.15) is 0 Å². The molecule has 0 saturated carbocycles. The van der Waals surface area contributed by atoms with Crippen LogP contribution in [0.1, 0.15) is 5.69 Å². The van der Waals surface area contributed by atoms with Gasteiger partial charge in [0.25, 0.3) is 0 Å². The number of rotatable bonds is 1. The van der Waals surface area contributed by atoms with Gasteiger partial charge in [-0.15, -0.1) is 5.10 Å². The molecule has 0 saturated heterocycles. The van der Waals surface area contributed by atoms with Crippen LogP contribution in [0.5, 0.6) is 0 Å². The number of benzene rings is 1. The second kappa shape index (κ2) is 3.59. The summed E-state index contributed by atoms with van der Waals surface area (Å²) in [6, 6.07) is 13.9. The normalized spacial score (nSPS) is 10.9. The predicted molar refractivity (Wildman–Crippen MR) is 67.6 cm³/mol. The van der Waals surface area contributed by atoms with Crippen LogP contribution >= 0.6 is 0 Å². The van der Waals surface area contributed by atoms with Gasteiger partial charge < -0.3 is 5.73 Å². The van der Waals surface area contributed by atoms with Gasteiger partial charge in [0.05, 0.1) is 5.69 Å². The van der Waals surface area contributed by atoms with Gasteiger partial charge in [-0.1, -0.05) is 30.3 Å². The van der Waals surface area contributed by atoms with Gasteiger partial charge in [0.2, 0.25) is 0 Å². The van der Waals surface area contributed by atoms with Crippen LogP contribution in [-0.4, -0.2) is 14.6 Å². The first-order chi connectivity index (χ1) is 8.24. The summed E-state index contributed by atoms with van der Waals surface area (Å²) in [5, 5.41) is 4.26. The summed E-state index contributed by atoms with van der Waals surface area (Å²) in [7, 11) is 0. The van der Waals surface area contributed by atoms with Gasteiger partial charge in [0, 0.05) is 17.3 Å². The van der Waals surface area contributed by atoms with Crippen LogP contribution < -0.4 is 5.73 Å². The molecule has 0 spiro atoms. The second-order valence-electron chi connectivity index (χ2n) is 3.99. The summed E-state index contributed by atoms with van der Waals surface area (Å²) in [6.07, 6.45) is 0. The summed E-state index contributed by atoms with van der Waals surface area (Å²) < 4.78 is 1.78. The SMILES string of the molecule is Cc1cc(-c2ccccc2)n2nc(N)cc2n1. The van der Waals surface area contributed by atoms with Crippen molar-refractivity contribution in [3.63, 3.8) is 0 Å². The Bertz CT molecular complexity index is 670. The monoisotopic (exact) mass is 224 g/mol. The first-order valence-corrected chi connectivity index (χ1v) is 5.42. The number of nitrogen functional groups attached to an aromatic ring is 1. The molecule has 3 rings (SSSR count). The van der Waals surface area contributed by atoms with Crippen LogP contribution in [0.2, 0.25) is 0 Å². The van der Waals surface area contributed by atoms with E-state index in [-0.39, 0.29) is 0 Å². The van der Waals surface area contributed by atoms with Crippen LogP contribution in [0.3, 0.4) is 0 Å². The fraction of sp³-hybridized carbons (Fsp3) is 0.0769. The average molecular weight is 224 g/mol. The Labute approximate surface area is 98.7 Å². The maximum Gasteiger partial charge on any atom is 0.158 e. The van der Waals surface area contributed by atoms with E-state index in [1.165, 1.54) is 0 Å². The molecule has 84 valence electrons. The topological polar surface area (TPSA) is 56.2 Å². The lowest BCUT2D eigenvalue weighted by molar-refractivity contribution is 0.943. The first kappa shape index (κ1) is 9.84. The Morgan fingerprint density at radius 1 is 1.12 bits per heavy atom. The van der Waals surface area contributed by atoms with E-state index in [0.29, 0.717) is 5.82 Å². The standard InChI is InChI=1S/C13H12N4/c1-9-7-11(10-5-3-2-4-6-10)17-13(15-9)8-12(14)16-17/h2-8H,1H3,(H2,14,16). The number of fused-ring (bicyclic) bond motifs is 1. The van der Waals surface area contributed by atoms with Crippen LogP contribution in [-0.2, 0) is 0 Å². The number of anilines is 1.